The summed E-state index contributed by atoms with van der Waals surface area (Å²) in [5.74, 6) is 2.75. The summed E-state index contributed by atoms with van der Waals surface area (Å²) in [5, 5.41) is 0. The molecular weight excluding hydrogens is 228 g/mol. The van der Waals surface area contributed by atoms with E-state index in [0.29, 0.717) is 5.56 Å². The number of ether oxygens (including phenoxy) is 1. The summed E-state index contributed by atoms with van der Waals surface area (Å²) < 4.78 is 6.46. The highest BCUT2D eigenvalue weighted by Crippen LogP contribution is 2.45. The monoisotopic (exact) mass is 236 g/mol. The molecule has 0 N–H and O–H groups in total. The van der Waals surface area contributed by atoms with Gasteiger partial charge in [-0.3, -0.25) is 0 Å². The zero-order valence-electron chi connectivity index (χ0n) is 7.86. The molecule has 2 heterocycles. The smallest absolute Gasteiger partial charge is 0.344 e. The Balaban J connectivity index is 2.15. The number of benzene rings is 1. The van der Waals surface area contributed by atoms with Gasteiger partial charge in [0, 0.05) is 17.1 Å². The van der Waals surface area contributed by atoms with Crippen LogP contribution in [-0.2, 0) is 4.74 Å². The molecule has 2 aliphatic heterocycles. The van der Waals surface area contributed by atoms with Crippen LogP contribution in [0.3, 0.4) is 0 Å². The van der Waals surface area contributed by atoms with Crippen molar-refractivity contribution in [1.29, 1.82) is 0 Å². The van der Waals surface area contributed by atoms with Gasteiger partial charge in [-0.1, -0.05) is 18.2 Å². The number of thioether (sulfide) groups is 2. The van der Waals surface area contributed by atoms with Crippen molar-refractivity contribution < 1.29 is 9.53 Å². The van der Waals surface area contributed by atoms with Gasteiger partial charge in [0.1, 0.15) is 0 Å². The van der Waals surface area contributed by atoms with Crippen molar-refractivity contribution in [3.8, 4) is 0 Å². The zero-order valence-corrected chi connectivity index (χ0v) is 9.49. The summed E-state index contributed by atoms with van der Waals surface area (Å²) in [4.78, 5) is 11.6. The van der Waals surface area contributed by atoms with E-state index in [1.807, 2.05) is 24.3 Å². The van der Waals surface area contributed by atoms with Gasteiger partial charge in [-0.15, -0.1) is 23.5 Å². The van der Waals surface area contributed by atoms with Crippen molar-refractivity contribution in [2.75, 3.05) is 11.5 Å². The number of rotatable bonds is 0. The van der Waals surface area contributed by atoms with Crippen LogP contribution >= 0.6 is 23.5 Å². The Labute approximate surface area is 96.1 Å². The molecule has 0 unspecified atom stereocenters. The molecular formula is C11H8O2S2. The van der Waals surface area contributed by atoms with E-state index in [9.17, 15) is 4.79 Å². The molecule has 0 radical (unpaired) electrons. The van der Waals surface area contributed by atoms with Gasteiger partial charge in [-0.25, -0.2) is 4.79 Å². The topological polar surface area (TPSA) is 26.3 Å². The molecule has 0 bridgehead atoms. The highest BCUT2D eigenvalue weighted by atomic mass is 32.2. The van der Waals surface area contributed by atoms with Gasteiger partial charge in [0.05, 0.1) is 9.80 Å². The lowest BCUT2D eigenvalue weighted by molar-refractivity contribution is 0.0716. The largest absolute Gasteiger partial charge is 0.420 e. The van der Waals surface area contributed by atoms with Gasteiger partial charge in [0.15, 0.2) is 5.76 Å². The van der Waals surface area contributed by atoms with Gasteiger partial charge < -0.3 is 4.74 Å². The second-order valence-electron chi connectivity index (χ2n) is 3.25. The normalized spacial score (nSPS) is 19.3. The number of carbonyl (C=O) groups is 1. The summed E-state index contributed by atoms with van der Waals surface area (Å²) in [6.07, 6.45) is 0. The lowest BCUT2D eigenvalue weighted by atomic mass is 10.1. The Morgan fingerprint density at radius 2 is 1.73 bits per heavy atom. The van der Waals surface area contributed by atoms with Gasteiger partial charge in [0.2, 0.25) is 0 Å². The van der Waals surface area contributed by atoms with Crippen LogP contribution in [0.25, 0.3) is 5.76 Å². The number of esters is 1. The molecule has 0 saturated carbocycles. The molecule has 0 spiro atoms. The van der Waals surface area contributed by atoms with E-state index in [4.69, 9.17) is 4.74 Å². The number of hydrogen-bond acceptors (Lipinski definition) is 4. The summed E-state index contributed by atoms with van der Waals surface area (Å²) in [6.45, 7) is 0. The fraction of sp³-hybridized carbons (Fsp3) is 0.182. The van der Waals surface area contributed by atoms with Crippen LogP contribution in [0.4, 0.5) is 0 Å². The lowest BCUT2D eigenvalue weighted by Crippen LogP contribution is -1.92. The van der Waals surface area contributed by atoms with E-state index in [1.165, 1.54) is 0 Å². The molecule has 4 heteroatoms. The van der Waals surface area contributed by atoms with Gasteiger partial charge >= 0.3 is 5.97 Å². The average molecular weight is 236 g/mol. The molecule has 1 saturated heterocycles. The molecule has 0 aliphatic carbocycles. The molecule has 3 rings (SSSR count). The van der Waals surface area contributed by atoms with Crippen molar-refractivity contribution in [2.45, 2.75) is 0 Å². The molecule has 15 heavy (non-hydrogen) atoms. The predicted molar refractivity (Wildman–Crippen MR) is 63.7 cm³/mol. The second-order valence-corrected chi connectivity index (χ2v) is 5.72. The van der Waals surface area contributed by atoms with Crippen molar-refractivity contribution >= 4 is 35.3 Å². The zero-order chi connectivity index (χ0) is 10.3. The first-order valence-electron chi connectivity index (χ1n) is 4.68. The molecule has 0 aromatic heterocycles. The minimum Gasteiger partial charge on any atom is -0.420 e. The summed E-state index contributed by atoms with van der Waals surface area (Å²) in [6, 6.07) is 7.56. The number of hydrogen-bond donors (Lipinski definition) is 0. The van der Waals surface area contributed by atoms with Crippen LogP contribution in [0.1, 0.15) is 15.9 Å². The third-order valence-corrected chi connectivity index (χ3v) is 5.00. The first kappa shape index (κ1) is 9.36. The third kappa shape index (κ3) is 1.48. The molecule has 2 nitrogen and oxygen atoms in total. The average Bonchev–Trinajstić information content (AvgIpc) is 2.87. The quantitative estimate of drug-likeness (QED) is 0.647. The predicted octanol–water partition coefficient (Wildman–Crippen LogP) is 2.96. The van der Waals surface area contributed by atoms with Crippen LogP contribution in [0, 0.1) is 0 Å². The maximum atomic E-state index is 11.6. The maximum absolute atomic E-state index is 11.6. The van der Waals surface area contributed by atoms with Gasteiger partial charge in [-0.2, -0.15) is 0 Å². The van der Waals surface area contributed by atoms with Crippen LogP contribution < -0.4 is 0 Å². The van der Waals surface area contributed by atoms with Gasteiger partial charge in [0.25, 0.3) is 0 Å². The maximum Gasteiger partial charge on any atom is 0.344 e. The van der Waals surface area contributed by atoms with E-state index >= 15 is 0 Å². The van der Waals surface area contributed by atoms with E-state index < -0.39 is 0 Å². The highest BCUT2D eigenvalue weighted by molar-refractivity contribution is 8.25. The van der Waals surface area contributed by atoms with E-state index in [-0.39, 0.29) is 5.97 Å². The second kappa shape index (κ2) is 3.61. The lowest BCUT2D eigenvalue weighted by Gasteiger charge is -2.01. The fourth-order valence-corrected chi connectivity index (χ4v) is 4.09. The Morgan fingerprint density at radius 3 is 2.47 bits per heavy atom. The first-order valence-corrected chi connectivity index (χ1v) is 6.65. The van der Waals surface area contributed by atoms with E-state index in [0.717, 1.165) is 27.1 Å². The van der Waals surface area contributed by atoms with Crippen LogP contribution in [0.15, 0.2) is 28.5 Å². The van der Waals surface area contributed by atoms with Crippen LogP contribution in [0.5, 0.6) is 0 Å². The minimum absolute atomic E-state index is 0.221. The number of carbonyl (C=O) groups excluding carboxylic acids is 1. The van der Waals surface area contributed by atoms with Crippen molar-refractivity contribution in [1.82, 2.24) is 0 Å². The van der Waals surface area contributed by atoms with Crippen LogP contribution in [-0.4, -0.2) is 17.5 Å². The third-order valence-electron chi connectivity index (χ3n) is 2.32. The summed E-state index contributed by atoms with van der Waals surface area (Å²) in [7, 11) is 0. The number of cyclic esters (lactones) is 1. The molecule has 2 aliphatic rings. The summed E-state index contributed by atoms with van der Waals surface area (Å²) in [5.41, 5.74) is 1.63. The SMILES string of the molecule is O=C1OC(=C2SCCS2)c2ccccc21. The highest BCUT2D eigenvalue weighted by Gasteiger charge is 2.30. The first-order chi connectivity index (χ1) is 7.36. The molecule has 0 amide bonds. The molecule has 1 aromatic rings. The summed E-state index contributed by atoms with van der Waals surface area (Å²) >= 11 is 3.54. The fourth-order valence-electron chi connectivity index (χ4n) is 1.65. The van der Waals surface area contributed by atoms with E-state index in [2.05, 4.69) is 0 Å². The molecule has 1 fully saturated rings. The van der Waals surface area contributed by atoms with Gasteiger partial charge in [-0.05, 0) is 6.07 Å². The Morgan fingerprint density at radius 1 is 1.07 bits per heavy atom. The Bertz CT molecular complexity index is 457. The Hall–Kier alpha value is -0.870. The standard InChI is InChI=1S/C11H8O2S2/c12-10-8-4-2-1-3-7(8)9(13-10)11-14-5-6-15-11/h1-4H,5-6H2. The van der Waals surface area contributed by atoms with Crippen molar-refractivity contribution in [3.05, 3.63) is 39.6 Å². The number of fused-ring (bicyclic) bond motifs is 1. The van der Waals surface area contributed by atoms with Crippen molar-refractivity contribution in [2.24, 2.45) is 0 Å². The van der Waals surface area contributed by atoms with Crippen molar-refractivity contribution in [3.63, 3.8) is 0 Å². The Kier molecular flexibility index (Phi) is 2.25. The molecule has 0 atom stereocenters. The molecule has 1 aromatic carbocycles. The van der Waals surface area contributed by atoms with Crippen LogP contribution in [0.2, 0.25) is 0 Å². The molecule has 76 valence electrons. The minimum atomic E-state index is -0.221. The van der Waals surface area contributed by atoms with E-state index in [1.54, 1.807) is 23.5 Å².